The molecule has 1 rings (SSSR count). The van der Waals surface area contributed by atoms with Crippen LogP contribution in [0.3, 0.4) is 0 Å². The van der Waals surface area contributed by atoms with E-state index in [0.717, 1.165) is 18.5 Å². The van der Waals surface area contributed by atoms with Crippen LogP contribution in [0.25, 0.3) is 0 Å². The van der Waals surface area contributed by atoms with Gasteiger partial charge < -0.3 is 0 Å². The van der Waals surface area contributed by atoms with Gasteiger partial charge in [0.1, 0.15) is 0 Å². The highest BCUT2D eigenvalue weighted by atomic mass is 14.7. The van der Waals surface area contributed by atoms with Crippen molar-refractivity contribution in [1.82, 2.24) is 0 Å². The fourth-order valence-corrected chi connectivity index (χ4v) is 1.07. The SMILES string of the molecule is Cc1ccc(/N=C\CCCC#N)cc1. The maximum absolute atomic E-state index is 8.32. The number of aryl methyl sites for hydroxylation is 1. The Morgan fingerprint density at radius 3 is 2.71 bits per heavy atom. The van der Waals surface area contributed by atoms with Gasteiger partial charge >= 0.3 is 0 Å². The second-order valence-corrected chi connectivity index (χ2v) is 3.20. The first-order chi connectivity index (χ1) is 6.83. The zero-order valence-corrected chi connectivity index (χ0v) is 8.40. The summed E-state index contributed by atoms with van der Waals surface area (Å²) >= 11 is 0. The average Bonchev–Trinajstić information content (AvgIpc) is 2.21. The van der Waals surface area contributed by atoms with Crippen LogP contribution in [0.5, 0.6) is 0 Å². The molecular formula is C12H14N2. The number of nitriles is 1. The molecule has 0 aliphatic rings. The normalized spacial score (nSPS) is 10.3. The number of aliphatic imine (C=N–C) groups is 1. The van der Waals surface area contributed by atoms with Crippen molar-refractivity contribution in [3.63, 3.8) is 0 Å². The van der Waals surface area contributed by atoms with Gasteiger partial charge in [0.05, 0.1) is 11.8 Å². The van der Waals surface area contributed by atoms with Crippen molar-refractivity contribution in [1.29, 1.82) is 5.26 Å². The molecule has 0 unspecified atom stereocenters. The molecule has 0 saturated heterocycles. The van der Waals surface area contributed by atoms with Crippen molar-refractivity contribution in [2.45, 2.75) is 26.2 Å². The summed E-state index contributed by atoms with van der Waals surface area (Å²) < 4.78 is 0. The number of hydrogen-bond acceptors (Lipinski definition) is 2. The number of rotatable bonds is 4. The summed E-state index contributed by atoms with van der Waals surface area (Å²) in [5.41, 5.74) is 2.22. The first-order valence-electron chi connectivity index (χ1n) is 4.79. The van der Waals surface area contributed by atoms with E-state index in [-0.39, 0.29) is 0 Å². The van der Waals surface area contributed by atoms with E-state index in [1.165, 1.54) is 5.56 Å². The Labute approximate surface area is 84.9 Å². The van der Waals surface area contributed by atoms with Crippen molar-refractivity contribution in [3.05, 3.63) is 29.8 Å². The van der Waals surface area contributed by atoms with Gasteiger partial charge in [-0.3, -0.25) is 4.99 Å². The average molecular weight is 186 g/mol. The van der Waals surface area contributed by atoms with Crippen LogP contribution in [0.1, 0.15) is 24.8 Å². The van der Waals surface area contributed by atoms with Gasteiger partial charge in [0.2, 0.25) is 0 Å². The Balaban J connectivity index is 2.37. The van der Waals surface area contributed by atoms with Crippen LogP contribution in [0.2, 0.25) is 0 Å². The molecule has 0 fully saturated rings. The minimum atomic E-state index is 0.611. The molecule has 0 amide bonds. The largest absolute Gasteiger partial charge is 0.261 e. The topological polar surface area (TPSA) is 36.1 Å². The Hall–Kier alpha value is -1.62. The van der Waals surface area contributed by atoms with Gasteiger partial charge in [-0.15, -0.1) is 0 Å². The molecule has 0 aliphatic carbocycles. The van der Waals surface area contributed by atoms with Gasteiger partial charge in [-0.2, -0.15) is 5.26 Å². The van der Waals surface area contributed by atoms with E-state index in [1.54, 1.807) is 0 Å². The molecule has 2 nitrogen and oxygen atoms in total. The summed E-state index contributed by atoms with van der Waals surface area (Å²) in [4.78, 5) is 4.28. The van der Waals surface area contributed by atoms with E-state index >= 15 is 0 Å². The molecule has 0 bridgehead atoms. The lowest BCUT2D eigenvalue weighted by Gasteiger charge is -1.93. The van der Waals surface area contributed by atoms with Crippen LogP contribution in [0, 0.1) is 18.3 Å². The number of hydrogen-bond donors (Lipinski definition) is 0. The molecule has 72 valence electrons. The summed E-state index contributed by atoms with van der Waals surface area (Å²) in [5, 5.41) is 8.32. The molecule has 0 heterocycles. The summed E-state index contributed by atoms with van der Waals surface area (Å²) in [6.45, 7) is 2.06. The first-order valence-corrected chi connectivity index (χ1v) is 4.79. The van der Waals surface area contributed by atoms with Crippen molar-refractivity contribution in [3.8, 4) is 6.07 Å². The Kier molecular flexibility index (Phi) is 4.43. The molecule has 0 radical (unpaired) electrons. The zero-order chi connectivity index (χ0) is 10.2. The number of nitrogens with zero attached hydrogens (tertiary/aromatic N) is 2. The second-order valence-electron chi connectivity index (χ2n) is 3.20. The summed E-state index contributed by atoms with van der Waals surface area (Å²) in [5.74, 6) is 0. The molecule has 14 heavy (non-hydrogen) atoms. The quantitative estimate of drug-likeness (QED) is 0.524. The third kappa shape index (κ3) is 3.86. The van der Waals surface area contributed by atoms with E-state index in [4.69, 9.17) is 5.26 Å². The van der Waals surface area contributed by atoms with Gasteiger partial charge in [-0.1, -0.05) is 17.7 Å². The van der Waals surface area contributed by atoms with Crippen LogP contribution in [0.4, 0.5) is 5.69 Å². The van der Waals surface area contributed by atoms with Crippen LogP contribution in [-0.4, -0.2) is 6.21 Å². The van der Waals surface area contributed by atoms with Crippen molar-refractivity contribution in [2.24, 2.45) is 4.99 Å². The van der Waals surface area contributed by atoms with Crippen LogP contribution >= 0.6 is 0 Å². The molecule has 0 saturated carbocycles. The summed E-state index contributed by atoms with van der Waals surface area (Å²) in [6, 6.07) is 10.2. The molecule has 1 aromatic carbocycles. The van der Waals surface area contributed by atoms with Gasteiger partial charge in [0, 0.05) is 12.6 Å². The highest BCUT2D eigenvalue weighted by Gasteiger charge is 1.87. The predicted octanol–water partition coefficient (Wildman–Crippen LogP) is 3.39. The van der Waals surface area contributed by atoms with E-state index in [0.29, 0.717) is 6.42 Å². The van der Waals surface area contributed by atoms with Crippen LogP contribution in [-0.2, 0) is 0 Å². The van der Waals surface area contributed by atoms with Crippen molar-refractivity contribution >= 4 is 11.9 Å². The lowest BCUT2D eigenvalue weighted by Crippen LogP contribution is -1.76. The molecule has 0 N–H and O–H groups in total. The molecular weight excluding hydrogens is 172 g/mol. The van der Waals surface area contributed by atoms with Crippen molar-refractivity contribution in [2.75, 3.05) is 0 Å². The van der Waals surface area contributed by atoms with Gasteiger partial charge in [-0.25, -0.2) is 0 Å². The van der Waals surface area contributed by atoms with E-state index in [9.17, 15) is 0 Å². The lowest BCUT2D eigenvalue weighted by atomic mass is 10.2. The Morgan fingerprint density at radius 1 is 1.36 bits per heavy atom. The third-order valence-electron chi connectivity index (χ3n) is 1.90. The zero-order valence-electron chi connectivity index (χ0n) is 8.40. The van der Waals surface area contributed by atoms with E-state index in [1.807, 2.05) is 30.5 Å². The van der Waals surface area contributed by atoms with Crippen LogP contribution in [0.15, 0.2) is 29.3 Å². The highest BCUT2D eigenvalue weighted by molar-refractivity contribution is 5.63. The van der Waals surface area contributed by atoms with Gasteiger partial charge in [0.15, 0.2) is 0 Å². The minimum absolute atomic E-state index is 0.611. The lowest BCUT2D eigenvalue weighted by molar-refractivity contribution is 0.912. The molecule has 0 atom stereocenters. The molecule has 0 aromatic heterocycles. The second kappa shape index (κ2) is 5.93. The Bertz CT molecular complexity index is 330. The molecule has 0 aliphatic heterocycles. The van der Waals surface area contributed by atoms with E-state index < -0.39 is 0 Å². The number of unbranched alkanes of at least 4 members (excludes halogenated alkanes) is 2. The van der Waals surface area contributed by atoms with Crippen molar-refractivity contribution < 1.29 is 0 Å². The van der Waals surface area contributed by atoms with Gasteiger partial charge in [-0.05, 0) is 31.9 Å². The third-order valence-corrected chi connectivity index (χ3v) is 1.90. The highest BCUT2D eigenvalue weighted by Crippen LogP contribution is 2.11. The maximum Gasteiger partial charge on any atom is 0.0625 e. The van der Waals surface area contributed by atoms with Crippen LogP contribution < -0.4 is 0 Å². The molecule has 1 aromatic rings. The smallest absolute Gasteiger partial charge is 0.0625 e. The summed E-state index contributed by atoms with van der Waals surface area (Å²) in [7, 11) is 0. The Morgan fingerprint density at radius 2 is 2.07 bits per heavy atom. The predicted molar refractivity (Wildman–Crippen MR) is 58.8 cm³/mol. The fourth-order valence-electron chi connectivity index (χ4n) is 1.07. The fraction of sp³-hybridized carbons (Fsp3) is 0.333. The molecule has 2 heteroatoms. The maximum atomic E-state index is 8.32. The molecule has 0 spiro atoms. The standard InChI is InChI=1S/C12H14N2/c1-11-5-7-12(8-6-11)14-10-4-2-3-9-13/h5-8,10H,2-4H2,1H3/b14-10-. The monoisotopic (exact) mass is 186 g/mol. The first kappa shape index (κ1) is 10.5. The van der Waals surface area contributed by atoms with Gasteiger partial charge in [0.25, 0.3) is 0 Å². The summed E-state index contributed by atoms with van der Waals surface area (Å²) in [6.07, 6.45) is 4.26. The minimum Gasteiger partial charge on any atom is -0.261 e. The number of benzene rings is 1. The van der Waals surface area contributed by atoms with E-state index in [2.05, 4.69) is 18.0 Å².